The number of hydrogen-bond acceptors (Lipinski definition) is 10. The number of carbonyl (C=O) groups excluding carboxylic acids is 2. The zero-order chi connectivity index (χ0) is 42.7. The third-order valence-corrected chi connectivity index (χ3v) is 9.71. The van der Waals surface area contributed by atoms with Crippen molar-refractivity contribution in [3.05, 3.63) is 96.2 Å². The Labute approximate surface area is 356 Å². The van der Waals surface area contributed by atoms with Gasteiger partial charge in [-0.1, -0.05) is 57.9 Å². The molecule has 15 nitrogen and oxygen atoms in total. The zero-order valence-electron chi connectivity index (χ0n) is 34.3. The van der Waals surface area contributed by atoms with Crippen LogP contribution in [0.2, 0.25) is 0 Å². The first kappa shape index (κ1) is 46.4. The van der Waals surface area contributed by atoms with Gasteiger partial charge in [0.25, 0.3) is 5.91 Å². The third kappa shape index (κ3) is 12.9. The Kier molecular flexibility index (Phi) is 16.0. The number of fused-ring (bicyclic) bond motifs is 1. The van der Waals surface area contributed by atoms with Crippen LogP contribution in [-0.4, -0.2) is 63.4 Å². The molecule has 0 aliphatic rings. The number of sulfonamides is 1. The van der Waals surface area contributed by atoms with E-state index in [-0.39, 0.29) is 47.3 Å². The van der Waals surface area contributed by atoms with E-state index in [0.29, 0.717) is 58.4 Å². The van der Waals surface area contributed by atoms with Gasteiger partial charge in [0.1, 0.15) is 23.1 Å². The Morgan fingerprint density at radius 3 is 2.17 bits per heavy atom. The monoisotopic (exact) mass is 862 g/mol. The first-order valence-electron chi connectivity index (χ1n) is 18.9. The molecule has 1 heterocycles. The fourth-order valence-corrected chi connectivity index (χ4v) is 6.77. The molecule has 0 fully saturated rings. The molecule has 0 aliphatic heterocycles. The van der Waals surface area contributed by atoms with Crippen molar-refractivity contribution >= 4 is 79.7 Å². The summed E-state index contributed by atoms with van der Waals surface area (Å²) in [7, 11) is -0.765. The van der Waals surface area contributed by atoms with E-state index in [9.17, 15) is 22.8 Å². The summed E-state index contributed by atoms with van der Waals surface area (Å²) in [4.78, 5) is 41.5. The fourth-order valence-electron chi connectivity index (χ4n) is 6.22. The van der Waals surface area contributed by atoms with Crippen LogP contribution in [0.5, 0.6) is 23.0 Å². The smallest absolute Gasteiger partial charge is 0.323 e. The Morgan fingerprint density at radius 2 is 1.48 bits per heavy atom. The fraction of sp³-hybridized carbons (Fsp3) is 0.302. The first-order valence-corrected chi connectivity index (χ1v) is 20.8. The Hall–Kier alpha value is -6.26. The minimum Gasteiger partial charge on any atom is -0.496 e. The number of nitrogens with zero attached hydrogens (tertiary/aromatic N) is 1. The van der Waals surface area contributed by atoms with Gasteiger partial charge in [-0.3, -0.25) is 14.3 Å². The van der Waals surface area contributed by atoms with Crippen molar-refractivity contribution in [3.8, 4) is 23.0 Å². The molecule has 1 aromatic heterocycles. The minimum atomic E-state index is -3.65. The molecule has 0 aliphatic carbocycles. The van der Waals surface area contributed by atoms with Gasteiger partial charge in [-0.15, -0.1) is 12.4 Å². The minimum absolute atomic E-state index is 0. The van der Waals surface area contributed by atoms with E-state index in [2.05, 4.69) is 31.0 Å². The van der Waals surface area contributed by atoms with Crippen LogP contribution in [0, 0.1) is 0 Å². The van der Waals surface area contributed by atoms with Crippen molar-refractivity contribution in [3.63, 3.8) is 0 Å². The van der Waals surface area contributed by atoms with Gasteiger partial charge < -0.3 is 40.6 Å². The summed E-state index contributed by atoms with van der Waals surface area (Å²) >= 11 is 0. The van der Waals surface area contributed by atoms with E-state index < -0.39 is 22.0 Å². The number of pyridine rings is 1. The lowest BCUT2D eigenvalue weighted by Gasteiger charge is -2.24. The summed E-state index contributed by atoms with van der Waals surface area (Å²) in [6.45, 7) is 6.39. The lowest BCUT2D eigenvalue weighted by atomic mass is 9.86. The van der Waals surface area contributed by atoms with E-state index in [0.717, 1.165) is 36.5 Å². The number of aromatic nitrogens is 1. The van der Waals surface area contributed by atoms with Crippen molar-refractivity contribution in [2.45, 2.75) is 58.3 Å². The predicted octanol–water partition coefficient (Wildman–Crippen LogP) is 9.29. The summed E-state index contributed by atoms with van der Waals surface area (Å²) in [5.41, 5.74) is 2.39. The predicted molar refractivity (Wildman–Crippen MR) is 238 cm³/mol. The lowest BCUT2D eigenvalue weighted by Crippen LogP contribution is -2.25. The molecule has 4 aromatic carbocycles. The molecule has 5 rings (SSSR count). The van der Waals surface area contributed by atoms with Crippen molar-refractivity contribution in [2.75, 3.05) is 47.7 Å². The van der Waals surface area contributed by atoms with Crippen LogP contribution < -0.4 is 40.2 Å². The molecule has 0 radical (unpaired) electrons. The number of unbranched alkanes of at least 4 members (excludes halogenated alkanes) is 3. The number of hydrogen-bond donors (Lipinski definition) is 6. The highest BCUT2D eigenvalue weighted by Gasteiger charge is 2.23. The average Bonchev–Trinajstić information content (AvgIpc) is 3.17. The maximum atomic E-state index is 13.5. The van der Waals surface area contributed by atoms with Crippen molar-refractivity contribution in [2.24, 2.45) is 0 Å². The number of nitrogens with one attached hydrogen (secondary N) is 5. The molecule has 0 atom stereocenters. The second-order valence-electron chi connectivity index (χ2n) is 14.8. The van der Waals surface area contributed by atoms with Gasteiger partial charge in [0.15, 0.2) is 5.75 Å². The largest absolute Gasteiger partial charge is 0.496 e. The number of carboxylic acids is 1. The van der Waals surface area contributed by atoms with Gasteiger partial charge >= 0.3 is 12.0 Å². The summed E-state index contributed by atoms with van der Waals surface area (Å²) < 4.78 is 44.2. The number of carboxylic acid groups (broad SMARTS) is 1. The molecule has 3 amide bonds. The van der Waals surface area contributed by atoms with Crippen LogP contribution in [0.3, 0.4) is 0 Å². The number of methoxy groups -OCH3 is 2. The molecule has 0 saturated heterocycles. The van der Waals surface area contributed by atoms with Gasteiger partial charge in [-0.2, -0.15) is 0 Å². The van der Waals surface area contributed by atoms with E-state index >= 15 is 0 Å². The van der Waals surface area contributed by atoms with E-state index in [1.165, 1.54) is 14.2 Å². The number of carbonyl (C=O) groups is 3. The van der Waals surface area contributed by atoms with Crippen LogP contribution in [0.4, 0.5) is 33.4 Å². The van der Waals surface area contributed by atoms with Crippen molar-refractivity contribution < 1.29 is 42.1 Å². The SMILES string of the molecule is COc1cc(Nc2cc(Oc3ccc(NC(=O)Nc4cc(C(C)(C)C)cc(NS(C)(=O)=O)c4OC)c4ccccc34)ccn2)ccc1C(=O)NCCCCCCC(=O)O.Cl. The quantitative estimate of drug-likeness (QED) is 0.0458. The van der Waals surface area contributed by atoms with Crippen molar-refractivity contribution in [1.82, 2.24) is 10.3 Å². The average molecular weight is 863 g/mol. The first-order chi connectivity index (χ1) is 28.0. The van der Waals surface area contributed by atoms with Gasteiger partial charge in [0.05, 0.1) is 43.1 Å². The second-order valence-corrected chi connectivity index (χ2v) is 16.5. The molecule has 17 heteroatoms. The van der Waals surface area contributed by atoms with Crippen LogP contribution >= 0.6 is 12.4 Å². The van der Waals surface area contributed by atoms with E-state index in [1.807, 2.05) is 45.0 Å². The summed E-state index contributed by atoms with van der Waals surface area (Å²) in [5.74, 6) is 0.950. The van der Waals surface area contributed by atoms with Crippen LogP contribution in [0.15, 0.2) is 85.1 Å². The molecule has 5 aromatic rings. The van der Waals surface area contributed by atoms with Gasteiger partial charge in [-0.05, 0) is 66.3 Å². The topological polar surface area (TPSA) is 206 Å². The van der Waals surface area contributed by atoms with Crippen LogP contribution in [-0.2, 0) is 20.2 Å². The molecule has 320 valence electrons. The highest BCUT2D eigenvalue weighted by atomic mass is 35.5. The van der Waals surface area contributed by atoms with Crippen molar-refractivity contribution in [1.29, 1.82) is 0 Å². The number of benzene rings is 4. The number of aliphatic carboxylic acids is 1. The van der Waals surface area contributed by atoms with E-state index in [1.54, 1.807) is 60.8 Å². The van der Waals surface area contributed by atoms with Gasteiger partial charge in [-0.25, -0.2) is 18.2 Å². The second kappa shape index (κ2) is 20.6. The van der Waals surface area contributed by atoms with Crippen LogP contribution in [0.1, 0.15) is 68.8 Å². The number of ether oxygens (including phenoxy) is 3. The number of rotatable bonds is 18. The highest BCUT2D eigenvalue weighted by Crippen LogP contribution is 2.40. The Morgan fingerprint density at radius 1 is 0.783 bits per heavy atom. The molecular formula is C43H51ClN6O9S. The summed E-state index contributed by atoms with van der Waals surface area (Å²) in [5, 5.41) is 22.1. The molecule has 0 saturated carbocycles. The lowest BCUT2D eigenvalue weighted by molar-refractivity contribution is -0.137. The number of anilines is 5. The van der Waals surface area contributed by atoms with E-state index in [4.69, 9.17) is 19.3 Å². The maximum absolute atomic E-state index is 13.5. The summed E-state index contributed by atoms with van der Waals surface area (Å²) in [6, 6.07) is 22.3. The van der Waals surface area contributed by atoms with Crippen LogP contribution in [0.25, 0.3) is 10.8 Å². The summed E-state index contributed by atoms with van der Waals surface area (Å²) in [6.07, 6.45) is 5.76. The van der Waals surface area contributed by atoms with Gasteiger partial charge in [0, 0.05) is 47.8 Å². The number of amides is 3. The molecule has 0 spiro atoms. The highest BCUT2D eigenvalue weighted by molar-refractivity contribution is 7.92. The zero-order valence-corrected chi connectivity index (χ0v) is 35.9. The third-order valence-electron chi connectivity index (χ3n) is 9.12. The Bertz CT molecular complexity index is 2440. The molecule has 60 heavy (non-hydrogen) atoms. The normalized spacial score (nSPS) is 11.2. The number of halogens is 1. The molecule has 0 unspecified atom stereocenters. The molecular weight excluding hydrogens is 812 g/mol. The standard InChI is InChI=1S/C43H50N6O9S.ClH/c1-43(2,3)27-23-34(40(57-5)35(24-27)49-59(6,54)55)48-42(53)47-33-18-19-36(31-14-11-10-13-30(31)33)58-29-20-22-44-38(26-29)46-28-16-17-32(37(25-28)56-4)41(52)45-21-12-8-7-9-15-39(50)51;/h10-11,13-14,16-20,22-26,49H,7-9,12,15,21H2,1-6H3,(H,44,46)(H,45,52)(H,50,51)(H2,47,48,53);1H. The Balaban J connectivity index is 0.00000794. The number of urea groups is 1. The van der Waals surface area contributed by atoms with Gasteiger partial charge in [0.2, 0.25) is 10.0 Å². The molecule has 0 bridgehead atoms. The maximum Gasteiger partial charge on any atom is 0.323 e. The molecule has 6 N–H and O–H groups in total.